The van der Waals surface area contributed by atoms with Crippen LogP contribution in [0.25, 0.3) is 0 Å². The van der Waals surface area contributed by atoms with Gasteiger partial charge in [0.15, 0.2) is 0 Å². The van der Waals surface area contributed by atoms with Crippen molar-refractivity contribution in [1.82, 2.24) is 14.8 Å². The molecule has 0 amide bonds. The fourth-order valence-corrected chi connectivity index (χ4v) is 4.48. The molecule has 0 fully saturated rings. The molecule has 1 aromatic heterocycles. The summed E-state index contributed by atoms with van der Waals surface area (Å²) < 4.78 is 7.08. The quantitative estimate of drug-likeness (QED) is 0.426. The van der Waals surface area contributed by atoms with Crippen LogP contribution in [0.3, 0.4) is 0 Å². The highest BCUT2D eigenvalue weighted by molar-refractivity contribution is 7.98. The van der Waals surface area contributed by atoms with Gasteiger partial charge in [-0.2, -0.15) is 4.98 Å². The predicted molar refractivity (Wildman–Crippen MR) is 119 cm³/mol. The van der Waals surface area contributed by atoms with E-state index in [0.717, 1.165) is 16.1 Å². The zero-order valence-electron chi connectivity index (χ0n) is 16.6. The van der Waals surface area contributed by atoms with Gasteiger partial charge >= 0.3 is 5.97 Å². The Hall–Kier alpha value is -2.77. The van der Waals surface area contributed by atoms with E-state index in [-0.39, 0.29) is 5.97 Å². The van der Waals surface area contributed by atoms with Gasteiger partial charge < -0.3 is 10.1 Å². The lowest BCUT2D eigenvalue weighted by Gasteiger charge is -2.28. The van der Waals surface area contributed by atoms with E-state index in [1.54, 1.807) is 11.6 Å². The van der Waals surface area contributed by atoms with E-state index in [9.17, 15) is 4.79 Å². The van der Waals surface area contributed by atoms with Crippen LogP contribution in [0, 0.1) is 0 Å². The number of fused-ring (bicyclic) bond motifs is 1. The van der Waals surface area contributed by atoms with Crippen molar-refractivity contribution in [2.24, 2.45) is 0 Å². The van der Waals surface area contributed by atoms with Crippen LogP contribution in [0.2, 0.25) is 5.02 Å². The fourth-order valence-electron chi connectivity index (χ4n) is 3.37. The molecule has 0 aliphatic carbocycles. The molecule has 0 radical (unpaired) electrons. The molecule has 0 unspecified atom stereocenters. The Morgan fingerprint density at radius 1 is 1.20 bits per heavy atom. The first-order valence-electron chi connectivity index (χ1n) is 9.61. The van der Waals surface area contributed by atoms with Crippen molar-refractivity contribution in [3.05, 3.63) is 82.0 Å². The Kier molecular flexibility index (Phi) is 6.11. The van der Waals surface area contributed by atoms with Crippen LogP contribution in [0.1, 0.15) is 31.0 Å². The van der Waals surface area contributed by atoms with Crippen LogP contribution in [0.15, 0.2) is 71.0 Å². The average Bonchev–Trinajstić information content (AvgIpc) is 3.15. The lowest BCUT2D eigenvalue weighted by Crippen LogP contribution is -2.29. The zero-order valence-corrected chi connectivity index (χ0v) is 18.2. The molecule has 0 spiro atoms. The Morgan fingerprint density at radius 3 is 2.67 bits per heavy atom. The van der Waals surface area contributed by atoms with Crippen LogP contribution >= 0.6 is 23.4 Å². The third kappa shape index (κ3) is 4.08. The standard InChI is InChI=1S/C22H21ClN4O2S/c1-3-29-20(28)18-14(2)24-21-25-22(30-13-16-11-7-8-12-17(16)23)26-27(21)19(18)15-9-5-4-6-10-15/h4-12,19H,3,13H2,1-2H3,(H,24,25,26)/t19-/m0/s1. The van der Waals surface area contributed by atoms with Gasteiger partial charge in [0, 0.05) is 16.5 Å². The summed E-state index contributed by atoms with van der Waals surface area (Å²) in [5.74, 6) is 0.884. The van der Waals surface area contributed by atoms with E-state index in [1.807, 2.05) is 61.5 Å². The Balaban J connectivity index is 1.68. The van der Waals surface area contributed by atoms with Crippen LogP contribution in [-0.2, 0) is 15.3 Å². The number of carbonyl (C=O) groups is 1. The van der Waals surface area contributed by atoms with Crippen molar-refractivity contribution in [3.63, 3.8) is 0 Å². The summed E-state index contributed by atoms with van der Waals surface area (Å²) in [6, 6.07) is 17.1. The molecular weight excluding hydrogens is 420 g/mol. The molecule has 0 bridgehead atoms. The number of ether oxygens (including phenoxy) is 1. The molecule has 1 aliphatic rings. The number of benzene rings is 2. The monoisotopic (exact) mass is 440 g/mol. The predicted octanol–water partition coefficient (Wildman–Crippen LogP) is 5.08. The number of rotatable bonds is 6. The lowest BCUT2D eigenvalue weighted by molar-refractivity contribution is -0.139. The number of hydrogen-bond donors (Lipinski definition) is 1. The zero-order chi connectivity index (χ0) is 21.1. The van der Waals surface area contributed by atoms with Crippen molar-refractivity contribution in [3.8, 4) is 0 Å². The molecule has 0 saturated carbocycles. The van der Waals surface area contributed by atoms with Crippen molar-refractivity contribution >= 4 is 35.3 Å². The fraction of sp³-hybridized carbons (Fsp3) is 0.227. The number of halogens is 1. The van der Waals surface area contributed by atoms with Crippen molar-refractivity contribution in [2.75, 3.05) is 11.9 Å². The summed E-state index contributed by atoms with van der Waals surface area (Å²) in [5, 5.41) is 9.24. The van der Waals surface area contributed by atoms with Crippen LogP contribution in [0.4, 0.5) is 5.95 Å². The molecule has 1 atom stereocenters. The maximum Gasteiger partial charge on any atom is 0.338 e. The van der Waals surface area contributed by atoms with Gasteiger partial charge in [-0.05, 0) is 31.0 Å². The third-order valence-corrected chi connectivity index (χ3v) is 6.01. The second-order valence-corrected chi connectivity index (χ2v) is 8.09. The van der Waals surface area contributed by atoms with Gasteiger partial charge in [0.25, 0.3) is 0 Å². The highest BCUT2D eigenvalue weighted by Gasteiger charge is 2.35. The topological polar surface area (TPSA) is 69.0 Å². The molecule has 0 saturated heterocycles. The second kappa shape index (κ2) is 8.93. The summed E-state index contributed by atoms with van der Waals surface area (Å²) >= 11 is 7.77. The normalized spacial score (nSPS) is 15.5. The minimum absolute atomic E-state index is 0.306. The first-order valence-corrected chi connectivity index (χ1v) is 11.0. The van der Waals surface area contributed by atoms with Crippen molar-refractivity contribution < 1.29 is 9.53 Å². The smallest absolute Gasteiger partial charge is 0.338 e. The SMILES string of the molecule is CCOC(=O)C1=C(C)Nc2nc(SCc3ccccc3Cl)nn2[C@H]1c1ccccc1. The van der Waals surface area contributed by atoms with E-state index in [1.165, 1.54) is 11.8 Å². The highest BCUT2D eigenvalue weighted by Crippen LogP contribution is 2.37. The molecule has 6 nitrogen and oxygen atoms in total. The Morgan fingerprint density at radius 2 is 1.93 bits per heavy atom. The summed E-state index contributed by atoms with van der Waals surface area (Å²) in [6.07, 6.45) is 0. The summed E-state index contributed by atoms with van der Waals surface area (Å²) in [6.45, 7) is 3.96. The van der Waals surface area contributed by atoms with E-state index in [0.29, 0.717) is 34.7 Å². The van der Waals surface area contributed by atoms with E-state index < -0.39 is 6.04 Å². The van der Waals surface area contributed by atoms with Gasteiger partial charge in [0.05, 0.1) is 12.2 Å². The van der Waals surface area contributed by atoms with Gasteiger partial charge in [-0.15, -0.1) is 5.10 Å². The first kappa shape index (κ1) is 20.5. The molecule has 3 aromatic rings. The Bertz CT molecular complexity index is 1100. The van der Waals surface area contributed by atoms with Gasteiger partial charge in [-0.1, -0.05) is 71.9 Å². The molecule has 1 aliphatic heterocycles. The number of nitrogens with one attached hydrogen (secondary N) is 1. The average molecular weight is 441 g/mol. The van der Waals surface area contributed by atoms with Crippen LogP contribution in [-0.4, -0.2) is 27.3 Å². The highest BCUT2D eigenvalue weighted by atomic mass is 35.5. The summed E-state index contributed by atoms with van der Waals surface area (Å²) in [4.78, 5) is 17.4. The van der Waals surface area contributed by atoms with Crippen molar-refractivity contribution in [2.45, 2.75) is 30.8 Å². The number of nitrogens with zero attached hydrogens (tertiary/aromatic N) is 3. The number of allylic oxidation sites excluding steroid dienone is 1. The minimum Gasteiger partial charge on any atom is -0.463 e. The van der Waals surface area contributed by atoms with Crippen LogP contribution in [0.5, 0.6) is 0 Å². The van der Waals surface area contributed by atoms with Crippen LogP contribution < -0.4 is 5.32 Å². The van der Waals surface area contributed by atoms with E-state index in [2.05, 4.69) is 10.3 Å². The summed E-state index contributed by atoms with van der Waals surface area (Å²) in [5.41, 5.74) is 3.20. The van der Waals surface area contributed by atoms with Gasteiger partial charge in [-0.3, -0.25) is 0 Å². The molecule has 1 N–H and O–H groups in total. The number of esters is 1. The number of anilines is 1. The number of hydrogen-bond acceptors (Lipinski definition) is 6. The van der Waals surface area contributed by atoms with Crippen molar-refractivity contribution in [1.29, 1.82) is 0 Å². The molecule has 2 heterocycles. The molecule has 4 rings (SSSR count). The van der Waals surface area contributed by atoms with E-state index in [4.69, 9.17) is 21.4 Å². The second-order valence-electron chi connectivity index (χ2n) is 6.74. The summed E-state index contributed by atoms with van der Waals surface area (Å²) in [7, 11) is 0. The minimum atomic E-state index is -0.413. The first-order chi connectivity index (χ1) is 14.6. The molecule has 2 aromatic carbocycles. The molecule has 30 heavy (non-hydrogen) atoms. The van der Waals surface area contributed by atoms with Gasteiger partial charge in [0.2, 0.25) is 11.1 Å². The number of carbonyl (C=O) groups excluding carboxylic acids is 1. The Labute approximate surface area is 184 Å². The molecule has 154 valence electrons. The largest absolute Gasteiger partial charge is 0.463 e. The number of thioether (sulfide) groups is 1. The third-order valence-electron chi connectivity index (χ3n) is 4.76. The van der Waals surface area contributed by atoms with Gasteiger partial charge in [0.1, 0.15) is 6.04 Å². The number of aromatic nitrogens is 3. The molecular formula is C22H21ClN4O2S. The van der Waals surface area contributed by atoms with E-state index >= 15 is 0 Å². The molecule has 8 heteroatoms. The van der Waals surface area contributed by atoms with Gasteiger partial charge in [-0.25, -0.2) is 9.48 Å². The lowest BCUT2D eigenvalue weighted by atomic mass is 9.96. The maximum atomic E-state index is 12.8. The maximum absolute atomic E-state index is 12.8.